The van der Waals surface area contributed by atoms with Crippen LogP contribution in [0.2, 0.25) is 0 Å². The summed E-state index contributed by atoms with van der Waals surface area (Å²) in [7, 11) is 0. The fourth-order valence-electron chi connectivity index (χ4n) is 1.49. The molecule has 0 aliphatic carbocycles. The molecule has 4 nitrogen and oxygen atoms in total. The Morgan fingerprint density at radius 1 is 1.26 bits per heavy atom. The van der Waals surface area contributed by atoms with Gasteiger partial charge in [-0.3, -0.25) is 10.1 Å². The summed E-state index contributed by atoms with van der Waals surface area (Å²) in [5.41, 5.74) is 1.01. The summed E-state index contributed by atoms with van der Waals surface area (Å²) < 4.78 is 17.8. The second-order valence-electron chi connectivity index (χ2n) is 3.81. The molecule has 0 aliphatic heterocycles. The SMILES string of the molecule is Cc1occc1C(=O)NC(=S)Nc1ccc(F)cc1. The summed E-state index contributed by atoms with van der Waals surface area (Å²) in [4.78, 5) is 11.8. The van der Waals surface area contributed by atoms with Gasteiger partial charge < -0.3 is 9.73 Å². The molecule has 19 heavy (non-hydrogen) atoms. The number of hydrogen-bond donors (Lipinski definition) is 2. The Morgan fingerprint density at radius 2 is 1.95 bits per heavy atom. The van der Waals surface area contributed by atoms with E-state index < -0.39 is 0 Å². The van der Waals surface area contributed by atoms with E-state index in [9.17, 15) is 9.18 Å². The van der Waals surface area contributed by atoms with Gasteiger partial charge in [0.2, 0.25) is 0 Å². The number of carbonyl (C=O) groups excluding carboxylic acids is 1. The zero-order chi connectivity index (χ0) is 13.8. The van der Waals surface area contributed by atoms with Crippen molar-refractivity contribution < 1.29 is 13.6 Å². The van der Waals surface area contributed by atoms with Crippen LogP contribution in [0.1, 0.15) is 16.1 Å². The smallest absolute Gasteiger partial charge is 0.260 e. The average Bonchev–Trinajstić information content (AvgIpc) is 2.78. The molecule has 0 fully saturated rings. The van der Waals surface area contributed by atoms with Gasteiger partial charge in [0.25, 0.3) is 5.91 Å². The van der Waals surface area contributed by atoms with Gasteiger partial charge in [-0.05, 0) is 49.5 Å². The van der Waals surface area contributed by atoms with E-state index in [1.165, 1.54) is 30.5 Å². The van der Waals surface area contributed by atoms with Crippen LogP contribution in [0.3, 0.4) is 0 Å². The molecule has 0 spiro atoms. The molecule has 0 atom stereocenters. The second-order valence-corrected chi connectivity index (χ2v) is 4.21. The lowest BCUT2D eigenvalue weighted by Gasteiger charge is -2.08. The van der Waals surface area contributed by atoms with Gasteiger partial charge in [0.1, 0.15) is 11.6 Å². The van der Waals surface area contributed by atoms with Crippen LogP contribution >= 0.6 is 12.2 Å². The zero-order valence-corrected chi connectivity index (χ0v) is 10.9. The van der Waals surface area contributed by atoms with E-state index in [4.69, 9.17) is 16.6 Å². The maximum Gasteiger partial charge on any atom is 0.260 e. The third-order valence-electron chi connectivity index (χ3n) is 2.43. The number of aryl methyl sites for hydroxylation is 1. The topological polar surface area (TPSA) is 54.3 Å². The van der Waals surface area contributed by atoms with E-state index in [0.717, 1.165) is 0 Å². The molecule has 1 aromatic heterocycles. The van der Waals surface area contributed by atoms with E-state index in [0.29, 0.717) is 17.0 Å². The van der Waals surface area contributed by atoms with Gasteiger partial charge in [0.05, 0.1) is 11.8 Å². The Hall–Kier alpha value is -2.21. The Morgan fingerprint density at radius 3 is 2.53 bits per heavy atom. The van der Waals surface area contributed by atoms with Gasteiger partial charge in [-0.15, -0.1) is 0 Å². The first-order valence-corrected chi connectivity index (χ1v) is 5.89. The van der Waals surface area contributed by atoms with Crippen molar-refractivity contribution in [3.8, 4) is 0 Å². The third kappa shape index (κ3) is 3.38. The van der Waals surface area contributed by atoms with Crippen molar-refractivity contribution in [1.82, 2.24) is 5.32 Å². The molecule has 0 saturated carbocycles. The highest BCUT2D eigenvalue weighted by Crippen LogP contribution is 2.10. The van der Waals surface area contributed by atoms with E-state index in [1.807, 2.05) is 0 Å². The first kappa shape index (κ1) is 13.2. The molecule has 1 heterocycles. The normalized spacial score (nSPS) is 10.0. The summed E-state index contributed by atoms with van der Waals surface area (Å²) in [6.45, 7) is 1.69. The van der Waals surface area contributed by atoms with Gasteiger partial charge >= 0.3 is 0 Å². The van der Waals surface area contributed by atoms with Crippen molar-refractivity contribution in [1.29, 1.82) is 0 Å². The van der Waals surface area contributed by atoms with E-state index in [-0.39, 0.29) is 16.8 Å². The summed E-state index contributed by atoms with van der Waals surface area (Å²) in [6, 6.07) is 7.21. The van der Waals surface area contributed by atoms with Gasteiger partial charge in [0.15, 0.2) is 5.11 Å². The lowest BCUT2D eigenvalue weighted by Crippen LogP contribution is -2.34. The Labute approximate surface area is 114 Å². The zero-order valence-electron chi connectivity index (χ0n) is 10.1. The predicted molar refractivity (Wildman–Crippen MR) is 73.5 cm³/mol. The van der Waals surface area contributed by atoms with Crippen molar-refractivity contribution in [2.75, 3.05) is 5.32 Å². The Kier molecular flexibility index (Phi) is 3.91. The highest BCUT2D eigenvalue weighted by Gasteiger charge is 2.12. The van der Waals surface area contributed by atoms with Gasteiger partial charge in [-0.2, -0.15) is 0 Å². The minimum Gasteiger partial charge on any atom is -0.469 e. The minimum atomic E-state index is -0.356. The lowest BCUT2D eigenvalue weighted by atomic mass is 10.2. The van der Waals surface area contributed by atoms with Crippen LogP contribution in [0.5, 0.6) is 0 Å². The predicted octanol–water partition coefficient (Wildman–Crippen LogP) is 2.85. The number of anilines is 1. The molecule has 98 valence electrons. The van der Waals surface area contributed by atoms with Gasteiger partial charge in [-0.25, -0.2) is 4.39 Å². The molecule has 2 aromatic rings. The van der Waals surface area contributed by atoms with Crippen LogP contribution in [0.15, 0.2) is 41.0 Å². The third-order valence-corrected chi connectivity index (χ3v) is 2.64. The maximum absolute atomic E-state index is 12.7. The highest BCUT2D eigenvalue weighted by molar-refractivity contribution is 7.80. The van der Waals surface area contributed by atoms with E-state index >= 15 is 0 Å². The molecule has 2 rings (SSSR count). The first-order chi connectivity index (χ1) is 9.06. The molecule has 0 unspecified atom stereocenters. The molecular weight excluding hydrogens is 267 g/mol. The van der Waals surface area contributed by atoms with Crippen molar-refractivity contribution >= 4 is 28.9 Å². The number of carbonyl (C=O) groups is 1. The lowest BCUT2D eigenvalue weighted by molar-refractivity contribution is 0.0976. The molecule has 0 aliphatic rings. The van der Waals surface area contributed by atoms with Crippen LogP contribution in [0.25, 0.3) is 0 Å². The number of amides is 1. The van der Waals surface area contributed by atoms with Gasteiger partial charge in [0, 0.05) is 5.69 Å². The van der Waals surface area contributed by atoms with Crippen LogP contribution < -0.4 is 10.6 Å². The van der Waals surface area contributed by atoms with Gasteiger partial charge in [-0.1, -0.05) is 0 Å². The fraction of sp³-hybridized carbons (Fsp3) is 0.0769. The molecule has 1 amide bonds. The van der Waals surface area contributed by atoms with E-state index in [2.05, 4.69) is 10.6 Å². The molecule has 1 aromatic carbocycles. The highest BCUT2D eigenvalue weighted by atomic mass is 32.1. The van der Waals surface area contributed by atoms with Crippen molar-refractivity contribution in [3.05, 3.63) is 53.7 Å². The summed E-state index contributed by atoms with van der Waals surface area (Å²) >= 11 is 4.99. The number of furan rings is 1. The minimum absolute atomic E-state index is 0.136. The number of rotatable bonds is 2. The second kappa shape index (κ2) is 5.62. The average molecular weight is 278 g/mol. The standard InChI is InChI=1S/C13H11FN2O2S/c1-8-11(6-7-18-8)12(17)16-13(19)15-10-4-2-9(14)3-5-10/h2-7H,1H3,(H2,15,16,17,19). The molecule has 2 N–H and O–H groups in total. The monoisotopic (exact) mass is 278 g/mol. The molecule has 6 heteroatoms. The Balaban J connectivity index is 1.96. The number of hydrogen-bond acceptors (Lipinski definition) is 3. The van der Waals surface area contributed by atoms with Crippen molar-refractivity contribution in [2.45, 2.75) is 6.92 Å². The van der Waals surface area contributed by atoms with Crippen molar-refractivity contribution in [3.63, 3.8) is 0 Å². The number of thiocarbonyl (C=S) groups is 1. The number of nitrogens with one attached hydrogen (secondary N) is 2. The quantitative estimate of drug-likeness (QED) is 0.829. The first-order valence-electron chi connectivity index (χ1n) is 5.48. The van der Waals surface area contributed by atoms with Crippen LogP contribution in [0.4, 0.5) is 10.1 Å². The fourth-order valence-corrected chi connectivity index (χ4v) is 1.70. The number of halogens is 1. The largest absolute Gasteiger partial charge is 0.469 e. The van der Waals surface area contributed by atoms with Crippen LogP contribution in [0, 0.1) is 12.7 Å². The maximum atomic E-state index is 12.7. The molecule has 0 saturated heterocycles. The summed E-state index contributed by atoms with van der Waals surface area (Å²) in [5, 5.41) is 5.43. The Bertz CT molecular complexity index is 607. The number of benzene rings is 1. The van der Waals surface area contributed by atoms with E-state index in [1.54, 1.807) is 13.0 Å². The molecule has 0 radical (unpaired) electrons. The van der Waals surface area contributed by atoms with Crippen molar-refractivity contribution in [2.24, 2.45) is 0 Å². The summed E-state index contributed by atoms with van der Waals surface area (Å²) in [6.07, 6.45) is 1.43. The molecular formula is C13H11FN2O2S. The summed E-state index contributed by atoms with van der Waals surface area (Å²) in [5.74, 6) is -0.178. The van der Waals surface area contributed by atoms with Crippen LogP contribution in [-0.2, 0) is 0 Å². The van der Waals surface area contributed by atoms with Crippen LogP contribution in [-0.4, -0.2) is 11.0 Å². The molecule has 0 bridgehead atoms.